The molecule has 0 amide bonds. The van der Waals surface area contributed by atoms with Crippen LogP contribution in [0.1, 0.15) is 26.7 Å². The Kier molecular flexibility index (Phi) is 5.49. The summed E-state index contributed by atoms with van der Waals surface area (Å²) in [7, 11) is 3.18. The summed E-state index contributed by atoms with van der Waals surface area (Å²) in [6, 6.07) is 5.51. The summed E-state index contributed by atoms with van der Waals surface area (Å²) in [5.74, 6) is 0.407. The van der Waals surface area contributed by atoms with Gasteiger partial charge in [0, 0.05) is 17.5 Å². The van der Waals surface area contributed by atoms with E-state index in [1.165, 1.54) is 0 Å². The zero-order valence-electron chi connectivity index (χ0n) is 14.5. The number of methoxy groups -OCH3 is 2. The molecule has 1 aromatic rings. The Morgan fingerprint density at radius 3 is 2.58 bits per heavy atom. The van der Waals surface area contributed by atoms with Gasteiger partial charge in [-0.3, -0.25) is 9.79 Å². The SMILES string of the molecule is COc1ccc(N=C2C=C(NCC(=O)O)CC(C)(C)C2)cc1OC. The van der Waals surface area contributed by atoms with Crippen LogP contribution in [0.25, 0.3) is 0 Å². The van der Waals surface area contributed by atoms with E-state index in [1.807, 2.05) is 24.3 Å². The van der Waals surface area contributed by atoms with E-state index in [9.17, 15) is 4.79 Å². The Labute approximate surface area is 142 Å². The van der Waals surface area contributed by atoms with Gasteiger partial charge in [-0.05, 0) is 36.5 Å². The van der Waals surface area contributed by atoms with Crippen molar-refractivity contribution >= 4 is 17.4 Å². The standard InChI is InChI=1S/C18H24N2O4/c1-18(2)9-13(19-11-17(21)22)7-14(10-18)20-12-5-6-15(23-3)16(8-12)24-4/h5-8,19H,9-11H2,1-4H3,(H,21,22). The third-order valence-electron chi connectivity index (χ3n) is 3.78. The summed E-state index contributed by atoms with van der Waals surface area (Å²) in [5.41, 5.74) is 2.60. The first-order chi connectivity index (χ1) is 11.3. The molecule has 0 fully saturated rings. The molecule has 6 nitrogen and oxygen atoms in total. The third-order valence-corrected chi connectivity index (χ3v) is 3.78. The van der Waals surface area contributed by atoms with Gasteiger partial charge in [-0.25, -0.2) is 0 Å². The molecule has 0 unspecified atom stereocenters. The maximum absolute atomic E-state index is 10.8. The van der Waals surface area contributed by atoms with Crippen molar-refractivity contribution in [2.24, 2.45) is 10.4 Å². The number of rotatable bonds is 6. The molecule has 0 saturated heterocycles. The smallest absolute Gasteiger partial charge is 0.322 e. The highest BCUT2D eigenvalue weighted by Crippen LogP contribution is 2.35. The average Bonchev–Trinajstić information content (AvgIpc) is 2.51. The second-order valence-electron chi connectivity index (χ2n) is 6.58. The van der Waals surface area contributed by atoms with Gasteiger partial charge in [-0.1, -0.05) is 13.8 Å². The number of nitrogens with zero attached hydrogens (tertiary/aromatic N) is 1. The monoisotopic (exact) mass is 332 g/mol. The molecule has 24 heavy (non-hydrogen) atoms. The largest absolute Gasteiger partial charge is 0.493 e. The first kappa shape index (κ1) is 17.8. The fraction of sp³-hybridized carbons (Fsp3) is 0.444. The van der Waals surface area contributed by atoms with Crippen LogP contribution in [0.5, 0.6) is 11.5 Å². The van der Waals surface area contributed by atoms with Crippen LogP contribution in [0.15, 0.2) is 35.0 Å². The Morgan fingerprint density at radius 2 is 1.96 bits per heavy atom. The molecule has 130 valence electrons. The Bertz CT molecular complexity index is 678. The number of hydrogen-bond acceptors (Lipinski definition) is 5. The molecular weight excluding hydrogens is 308 g/mol. The number of carboxylic acids is 1. The Balaban J connectivity index is 2.29. The van der Waals surface area contributed by atoms with Crippen LogP contribution in [0.3, 0.4) is 0 Å². The van der Waals surface area contributed by atoms with Gasteiger partial charge in [-0.15, -0.1) is 0 Å². The second-order valence-corrected chi connectivity index (χ2v) is 6.58. The number of hydrogen-bond donors (Lipinski definition) is 2. The van der Waals surface area contributed by atoms with Gasteiger partial charge >= 0.3 is 5.97 Å². The molecule has 1 aliphatic rings. The summed E-state index contributed by atoms with van der Waals surface area (Å²) >= 11 is 0. The number of ether oxygens (including phenoxy) is 2. The van der Waals surface area contributed by atoms with E-state index < -0.39 is 5.97 Å². The maximum Gasteiger partial charge on any atom is 0.322 e. The van der Waals surface area contributed by atoms with Gasteiger partial charge in [0.1, 0.15) is 6.54 Å². The molecule has 1 aromatic carbocycles. The predicted octanol–water partition coefficient (Wildman–Crippen LogP) is 3.15. The van der Waals surface area contributed by atoms with Gasteiger partial charge in [0.05, 0.1) is 19.9 Å². The number of aliphatic carboxylic acids is 1. The van der Waals surface area contributed by atoms with Gasteiger partial charge in [0.15, 0.2) is 11.5 Å². The number of carbonyl (C=O) groups is 1. The molecule has 0 heterocycles. The molecule has 1 aliphatic carbocycles. The van der Waals surface area contributed by atoms with Crippen LogP contribution < -0.4 is 14.8 Å². The van der Waals surface area contributed by atoms with Crippen LogP contribution in [0.4, 0.5) is 5.69 Å². The second kappa shape index (κ2) is 7.38. The molecule has 6 heteroatoms. The Hall–Kier alpha value is -2.50. The zero-order chi connectivity index (χ0) is 17.7. The highest BCUT2D eigenvalue weighted by Gasteiger charge is 2.26. The lowest BCUT2D eigenvalue weighted by Gasteiger charge is -2.30. The number of benzene rings is 1. The molecular formula is C18H24N2O4. The molecule has 0 saturated carbocycles. The summed E-state index contributed by atoms with van der Waals surface area (Å²) in [4.78, 5) is 15.5. The lowest BCUT2D eigenvalue weighted by Crippen LogP contribution is -2.30. The number of allylic oxidation sites excluding steroid dienone is 2. The molecule has 0 spiro atoms. The third kappa shape index (κ3) is 4.75. The Morgan fingerprint density at radius 1 is 1.25 bits per heavy atom. The average molecular weight is 332 g/mol. The minimum atomic E-state index is -0.877. The predicted molar refractivity (Wildman–Crippen MR) is 93.4 cm³/mol. The summed E-state index contributed by atoms with van der Waals surface area (Å²) < 4.78 is 10.5. The highest BCUT2D eigenvalue weighted by atomic mass is 16.5. The van der Waals surface area contributed by atoms with E-state index in [4.69, 9.17) is 19.6 Å². The first-order valence-corrected chi connectivity index (χ1v) is 7.79. The fourth-order valence-corrected chi connectivity index (χ4v) is 2.81. The van der Waals surface area contributed by atoms with Crippen molar-refractivity contribution in [2.75, 3.05) is 20.8 Å². The highest BCUT2D eigenvalue weighted by molar-refractivity contribution is 5.98. The fourth-order valence-electron chi connectivity index (χ4n) is 2.81. The molecule has 2 N–H and O–H groups in total. The molecule has 0 aliphatic heterocycles. The maximum atomic E-state index is 10.8. The molecule has 0 atom stereocenters. The molecule has 0 radical (unpaired) electrons. The van der Waals surface area contributed by atoms with Crippen molar-refractivity contribution in [3.05, 3.63) is 30.0 Å². The van der Waals surface area contributed by atoms with Crippen molar-refractivity contribution in [3.8, 4) is 11.5 Å². The van der Waals surface area contributed by atoms with Crippen LogP contribution in [-0.4, -0.2) is 37.6 Å². The van der Waals surface area contributed by atoms with Gasteiger partial charge < -0.3 is 19.9 Å². The van der Waals surface area contributed by atoms with Crippen LogP contribution >= 0.6 is 0 Å². The van der Waals surface area contributed by atoms with Crippen LogP contribution in [0, 0.1) is 5.41 Å². The quantitative estimate of drug-likeness (QED) is 0.836. The van der Waals surface area contributed by atoms with Crippen molar-refractivity contribution in [1.29, 1.82) is 0 Å². The van der Waals surface area contributed by atoms with Crippen LogP contribution in [0.2, 0.25) is 0 Å². The van der Waals surface area contributed by atoms with Crippen molar-refractivity contribution in [3.63, 3.8) is 0 Å². The van der Waals surface area contributed by atoms with Gasteiger partial charge in [-0.2, -0.15) is 0 Å². The minimum absolute atomic E-state index is 0.0188. The topological polar surface area (TPSA) is 80.2 Å². The number of aliphatic imine (C=N–C) groups is 1. The van der Waals surface area contributed by atoms with E-state index in [0.29, 0.717) is 11.5 Å². The number of nitrogens with one attached hydrogen (secondary N) is 1. The summed E-state index contributed by atoms with van der Waals surface area (Å²) in [6.45, 7) is 4.20. The van der Waals surface area contributed by atoms with E-state index in [0.717, 1.165) is 29.9 Å². The normalized spacial score (nSPS) is 18.0. The van der Waals surface area contributed by atoms with E-state index in [-0.39, 0.29) is 12.0 Å². The molecule has 2 rings (SSSR count). The van der Waals surface area contributed by atoms with Gasteiger partial charge in [0.25, 0.3) is 0 Å². The van der Waals surface area contributed by atoms with E-state index in [2.05, 4.69) is 19.2 Å². The van der Waals surface area contributed by atoms with Crippen molar-refractivity contribution in [2.45, 2.75) is 26.7 Å². The lowest BCUT2D eigenvalue weighted by atomic mass is 9.78. The number of carboxylic acid groups (broad SMARTS) is 1. The van der Waals surface area contributed by atoms with E-state index >= 15 is 0 Å². The first-order valence-electron chi connectivity index (χ1n) is 7.79. The van der Waals surface area contributed by atoms with Crippen molar-refractivity contribution < 1.29 is 19.4 Å². The van der Waals surface area contributed by atoms with Gasteiger partial charge in [0.2, 0.25) is 0 Å². The van der Waals surface area contributed by atoms with Crippen molar-refractivity contribution in [1.82, 2.24) is 5.32 Å². The minimum Gasteiger partial charge on any atom is -0.493 e. The zero-order valence-corrected chi connectivity index (χ0v) is 14.5. The van der Waals surface area contributed by atoms with E-state index in [1.54, 1.807) is 14.2 Å². The summed E-state index contributed by atoms with van der Waals surface area (Å²) in [6.07, 6.45) is 3.55. The molecule has 0 bridgehead atoms. The lowest BCUT2D eigenvalue weighted by molar-refractivity contribution is -0.135. The summed E-state index contributed by atoms with van der Waals surface area (Å²) in [5, 5.41) is 11.8. The van der Waals surface area contributed by atoms with Crippen LogP contribution in [-0.2, 0) is 4.79 Å². The molecule has 0 aromatic heterocycles.